The lowest BCUT2D eigenvalue weighted by Gasteiger charge is -2.15. The van der Waals surface area contributed by atoms with Crippen LogP contribution in [0.2, 0.25) is 0 Å². The number of benzene rings is 1. The highest BCUT2D eigenvalue weighted by Crippen LogP contribution is 2.17. The van der Waals surface area contributed by atoms with Crippen molar-refractivity contribution in [3.8, 4) is 0 Å². The normalized spacial score (nSPS) is 14.1. The first-order chi connectivity index (χ1) is 7.43. The molecule has 0 aliphatic heterocycles. The number of aliphatic hydroxyl groups excluding tert-OH is 2. The highest BCUT2D eigenvalue weighted by molar-refractivity contribution is 5.93. The van der Waals surface area contributed by atoms with E-state index in [9.17, 15) is 19.8 Å². The first-order valence-corrected chi connectivity index (χ1v) is 4.48. The summed E-state index contributed by atoms with van der Waals surface area (Å²) in [4.78, 5) is 21.5. The van der Waals surface area contributed by atoms with Crippen LogP contribution in [0.15, 0.2) is 24.3 Å². The first kappa shape index (κ1) is 12.2. The highest BCUT2D eigenvalue weighted by atomic mass is 16.3. The Labute approximate surface area is 91.5 Å². The van der Waals surface area contributed by atoms with Gasteiger partial charge in [0, 0.05) is 5.56 Å². The number of primary amides is 2. The molecule has 0 saturated carbocycles. The van der Waals surface area contributed by atoms with Crippen LogP contribution in [0.3, 0.4) is 0 Å². The summed E-state index contributed by atoms with van der Waals surface area (Å²) in [5.74, 6) is -1.71. The van der Waals surface area contributed by atoms with E-state index >= 15 is 0 Å². The second-order valence-corrected chi connectivity index (χ2v) is 3.28. The zero-order valence-corrected chi connectivity index (χ0v) is 8.33. The molecule has 0 aliphatic carbocycles. The summed E-state index contributed by atoms with van der Waals surface area (Å²) in [6, 6.07) is 5.67. The number of aliphatic hydroxyl groups is 2. The maximum Gasteiger partial charge on any atom is 0.249 e. The second-order valence-electron chi connectivity index (χ2n) is 3.28. The summed E-state index contributed by atoms with van der Waals surface area (Å²) < 4.78 is 0. The molecule has 0 heterocycles. The summed E-state index contributed by atoms with van der Waals surface area (Å²) in [6.45, 7) is 0. The van der Waals surface area contributed by atoms with Gasteiger partial charge in [0.15, 0.2) is 6.10 Å². The Hall–Kier alpha value is -1.92. The molecule has 2 unspecified atom stereocenters. The van der Waals surface area contributed by atoms with Gasteiger partial charge in [-0.15, -0.1) is 0 Å². The third-order valence-electron chi connectivity index (χ3n) is 2.10. The van der Waals surface area contributed by atoms with E-state index in [2.05, 4.69) is 0 Å². The molecule has 0 radical (unpaired) electrons. The van der Waals surface area contributed by atoms with Crippen molar-refractivity contribution in [3.63, 3.8) is 0 Å². The molecule has 86 valence electrons. The average molecular weight is 224 g/mol. The number of carbonyl (C=O) groups excluding carboxylic acids is 2. The molecule has 0 bridgehead atoms. The van der Waals surface area contributed by atoms with Crippen LogP contribution >= 0.6 is 0 Å². The molecule has 16 heavy (non-hydrogen) atoms. The molecule has 1 aromatic carbocycles. The monoisotopic (exact) mass is 224 g/mol. The molecule has 1 aromatic rings. The third kappa shape index (κ3) is 2.56. The number of amides is 2. The van der Waals surface area contributed by atoms with Gasteiger partial charge in [0.2, 0.25) is 11.8 Å². The Morgan fingerprint density at radius 2 is 1.81 bits per heavy atom. The fourth-order valence-electron chi connectivity index (χ4n) is 1.21. The van der Waals surface area contributed by atoms with E-state index in [1.807, 2.05) is 0 Å². The van der Waals surface area contributed by atoms with Gasteiger partial charge in [-0.2, -0.15) is 0 Å². The van der Waals surface area contributed by atoms with Crippen molar-refractivity contribution in [2.45, 2.75) is 12.2 Å². The summed E-state index contributed by atoms with van der Waals surface area (Å²) in [5, 5.41) is 18.8. The molecule has 0 spiro atoms. The predicted octanol–water partition coefficient (Wildman–Crippen LogP) is -1.33. The molecular weight excluding hydrogens is 212 g/mol. The maximum atomic E-state index is 10.9. The predicted molar refractivity (Wildman–Crippen MR) is 55.1 cm³/mol. The van der Waals surface area contributed by atoms with E-state index in [0.717, 1.165) is 0 Å². The van der Waals surface area contributed by atoms with Crippen LogP contribution in [0.5, 0.6) is 0 Å². The van der Waals surface area contributed by atoms with Gasteiger partial charge in [-0.25, -0.2) is 0 Å². The number of hydrogen-bond donors (Lipinski definition) is 4. The standard InChI is InChI=1S/C10H12N2O4/c11-9(15)6-3-1-2-5(4-6)7(13)8(14)10(12)16/h1-4,7-8,13-14H,(H2,11,15)(H2,12,16). The van der Waals surface area contributed by atoms with Crippen molar-refractivity contribution >= 4 is 11.8 Å². The van der Waals surface area contributed by atoms with Crippen molar-refractivity contribution in [2.24, 2.45) is 11.5 Å². The molecule has 6 nitrogen and oxygen atoms in total. The maximum absolute atomic E-state index is 10.9. The molecule has 0 fully saturated rings. The molecule has 1 rings (SSSR count). The molecule has 6 heteroatoms. The summed E-state index contributed by atoms with van der Waals surface area (Å²) in [5.41, 5.74) is 10.2. The second kappa shape index (κ2) is 4.73. The molecular formula is C10H12N2O4. The van der Waals surface area contributed by atoms with E-state index in [0.29, 0.717) is 0 Å². The minimum Gasteiger partial charge on any atom is -0.385 e. The van der Waals surface area contributed by atoms with E-state index in [1.165, 1.54) is 24.3 Å². The number of carbonyl (C=O) groups is 2. The molecule has 2 amide bonds. The quantitative estimate of drug-likeness (QED) is 0.505. The third-order valence-corrected chi connectivity index (χ3v) is 2.10. The minimum absolute atomic E-state index is 0.174. The SMILES string of the molecule is NC(=O)c1cccc(C(O)C(O)C(N)=O)c1. The number of hydrogen-bond acceptors (Lipinski definition) is 4. The zero-order chi connectivity index (χ0) is 12.3. The molecule has 0 aromatic heterocycles. The summed E-state index contributed by atoms with van der Waals surface area (Å²) in [7, 11) is 0. The van der Waals surface area contributed by atoms with Crippen LogP contribution in [0, 0.1) is 0 Å². The minimum atomic E-state index is -1.72. The lowest BCUT2D eigenvalue weighted by molar-refractivity contribution is -0.131. The van der Waals surface area contributed by atoms with Crippen molar-refractivity contribution in [3.05, 3.63) is 35.4 Å². The Morgan fingerprint density at radius 3 is 2.31 bits per heavy atom. The van der Waals surface area contributed by atoms with Gasteiger partial charge in [-0.05, 0) is 17.7 Å². The highest BCUT2D eigenvalue weighted by Gasteiger charge is 2.23. The Morgan fingerprint density at radius 1 is 1.19 bits per heavy atom. The summed E-state index contributed by atoms with van der Waals surface area (Å²) in [6.07, 6.45) is -3.19. The Bertz CT molecular complexity index is 419. The fourth-order valence-corrected chi connectivity index (χ4v) is 1.21. The van der Waals surface area contributed by atoms with Gasteiger partial charge in [-0.3, -0.25) is 9.59 Å². The van der Waals surface area contributed by atoms with Crippen LogP contribution in [0.25, 0.3) is 0 Å². The number of rotatable bonds is 4. The summed E-state index contributed by atoms with van der Waals surface area (Å²) >= 11 is 0. The largest absolute Gasteiger partial charge is 0.385 e. The van der Waals surface area contributed by atoms with Crippen molar-refractivity contribution in [1.82, 2.24) is 0 Å². The van der Waals surface area contributed by atoms with Gasteiger partial charge in [0.25, 0.3) is 0 Å². The van der Waals surface area contributed by atoms with E-state index in [-0.39, 0.29) is 11.1 Å². The Kier molecular flexibility index (Phi) is 3.60. The van der Waals surface area contributed by atoms with Crippen LogP contribution in [-0.4, -0.2) is 28.1 Å². The van der Waals surface area contributed by atoms with Crippen LogP contribution in [0.1, 0.15) is 22.0 Å². The van der Waals surface area contributed by atoms with Gasteiger partial charge >= 0.3 is 0 Å². The van der Waals surface area contributed by atoms with Gasteiger partial charge in [0.1, 0.15) is 6.10 Å². The molecule has 0 saturated heterocycles. The smallest absolute Gasteiger partial charge is 0.249 e. The van der Waals surface area contributed by atoms with Gasteiger partial charge in [-0.1, -0.05) is 12.1 Å². The van der Waals surface area contributed by atoms with Crippen molar-refractivity contribution < 1.29 is 19.8 Å². The van der Waals surface area contributed by atoms with Gasteiger partial charge in [0.05, 0.1) is 0 Å². The topological polar surface area (TPSA) is 127 Å². The Balaban J connectivity index is 3.00. The molecule has 6 N–H and O–H groups in total. The zero-order valence-electron chi connectivity index (χ0n) is 8.33. The average Bonchev–Trinajstić information content (AvgIpc) is 2.27. The van der Waals surface area contributed by atoms with E-state index in [1.54, 1.807) is 0 Å². The van der Waals surface area contributed by atoms with Crippen LogP contribution in [-0.2, 0) is 4.79 Å². The first-order valence-electron chi connectivity index (χ1n) is 4.48. The van der Waals surface area contributed by atoms with E-state index in [4.69, 9.17) is 11.5 Å². The molecule has 0 aliphatic rings. The molecule has 2 atom stereocenters. The lowest BCUT2D eigenvalue weighted by atomic mass is 10.0. The van der Waals surface area contributed by atoms with Crippen LogP contribution in [0.4, 0.5) is 0 Å². The van der Waals surface area contributed by atoms with Gasteiger partial charge < -0.3 is 21.7 Å². The number of nitrogens with two attached hydrogens (primary N) is 2. The van der Waals surface area contributed by atoms with Crippen LogP contribution < -0.4 is 11.5 Å². The van der Waals surface area contributed by atoms with Crippen molar-refractivity contribution in [1.29, 1.82) is 0 Å². The fraction of sp³-hybridized carbons (Fsp3) is 0.200. The van der Waals surface area contributed by atoms with E-state index < -0.39 is 24.0 Å². The van der Waals surface area contributed by atoms with Crippen molar-refractivity contribution in [2.75, 3.05) is 0 Å². The lowest BCUT2D eigenvalue weighted by Crippen LogP contribution is -2.33.